The molecule has 0 unspecified atom stereocenters. The van der Waals surface area contributed by atoms with E-state index in [-0.39, 0.29) is 5.75 Å². The van der Waals surface area contributed by atoms with E-state index < -0.39 is 0 Å². The van der Waals surface area contributed by atoms with E-state index in [1.807, 2.05) is 89.8 Å². The molecule has 1 N–H and O–H groups in total. The predicted molar refractivity (Wildman–Crippen MR) is 186 cm³/mol. The molecule has 5 nitrogen and oxygen atoms in total. The maximum absolute atomic E-state index is 10.9. The number of nitrogens with zero attached hydrogens (tertiary/aromatic N) is 4. The molecular weight excluding hydrogens is 564 g/mol. The molecule has 0 aliphatic rings. The van der Waals surface area contributed by atoms with Crippen LogP contribution in [0.25, 0.3) is 72.9 Å². The number of para-hydroxylation sites is 2. The molecule has 3 aromatic heterocycles. The van der Waals surface area contributed by atoms with Crippen LogP contribution in [-0.2, 0) is 0 Å². The van der Waals surface area contributed by atoms with Gasteiger partial charge >= 0.3 is 0 Å². The van der Waals surface area contributed by atoms with E-state index in [4.69, 9.17) is 15.0 Å². The Bertz CT molecular complexity index is 2310. The highest BCUT2D eigenvalue weighted by atomic mass is 16.3. The van der Waals surface area contributed by atoms with Crippen LogP contribution in [0, 0.1) is 0 Å². The van der Waals surface area contributed by atoms with Gasteiger partial charge < -0.3 is 5.11 Å². The molecule has 46 heavy (non-hydrogen) atoms. The van der Waals surface area contributed by atoms with Crippen molar-refractivity contribution in [1.82, 2.24) is 19.5 Å². The molecule has 0 aliphatic heterocycles. The minimum Gasteiger partial charge on any atom is -0.507 e. The Morgan fingerprint density at radius 1 is 0.457 bits per heavy atom. The Labute approximate surface area is 266 Å². The molecule has 0 saturated heterocycles. The van der Waals surface area contributed by atoms with Crippen molar-refractivity contribution in [3.63, 3.8) is 0 Å². The summed E-state index contributed by atoms with van der Waals surface area (Å²) in [4.78, 5) is 14.8. The molecule has 0 amide bonds. The Morgan fingerprint density at radius 2 is 1.07 bits per heavy atom. The largest absolute Gasteiger partial charge is 0.507 e. The van der Waals surface area contributed by atoms with Crippen molar-refractivity contribution in [3.8, 4) is 67.5 Å². The fourth-order valence-electron chi connectivity index (χ4n) is 6.00. The van der Waals surface area contributed by atoms with Crippen molar-refractivity contribution in [2.45, 2.75) is 0 Å². The lowest BCUT2D eigenvalue weighted by atomic mass is 9.94. The van der Waals surface area contributed by atoms with Crippen LogP contribution in [0.4, 0.5) is 0 Å². The Hall–Kier alpha value is -6.33. The van der Waals surface area contributed by atoms with Gasteiger partial charge in [-0.15, -0.1) is 0 Å². The lowest BCUT2D eigenvalue weighted by molar-refractivity contribution is 0.477. The third kappa shape index (κ3) is 5.00. The molecule has 0 fully saturated rings. The fraction of sp³-hybridized carbons (Fsp3) is 0. The van der Waals surface area contributed by atoms with Crippen LogP contribution < -0.4 is 0 Å². The van der Waals surface area contributed by atoms with Crippen LogP contribution in [0.5, 0.6) is 5.75 Å². The maximum atomic E-state index is 10.9. The van der Waals surface area contributed by atoms with E-state index in [2.05, 4.69) is 72.8 Å². The van der Waals surface area contributed by atoms with Gasteiger partial charge in [-0.05, 0) is 88.5 Å². The van der Waals surface area contributed by atoms with Gasteiger partial charge in [-0.1, -0.05) is 91.0 Å². The quantitative estimate of drug-likeness (QED) is 0.209. The molecule has 0 radical (unpaired) electrons. The molecule has 0 spiro atoms. The molecule has 0 saturated carbocycles. The first-order valence-electron chi connectivity index (χ1n) is 15.2. The fourth-order valence-corrected chi connectivity index (χ4v) is 6.00. The van der Waals surface area contributed by atoms with Crippen LogP contribution in [0.1, 0.15) is 0 Å². The number of phenols is 1. The van der Waals surface area contributed by atoms with Crippen molar-refractivity contribution in [2.24, 2.45) is 0 Å². The number of hydrogen-bond acceptors (Lipinski definition) is 4. The number of pyridine rings is 2. The first-order chi connectivity index (χ1) is 22.7. The van der Waals surface area contributed by atoms with Crippen molar-refractivity contribution < 1.29 is 5.11 Å². The van der Waals surface area contributed by atoms with Crippen molar-refractivity contribution in [2.75, 3.05) is 0 Å². The number of imidazole rings is 1. The first-order valence-corrected chi connectivity index (χ1v) is 15.2. The Morgan fingerprint density at radius 3 is 1.80 bits per heavy atom. The summed E-state index contributed by atoms with van der Waals surface area (Å²) in [7, 11) is 0. The predicted octanol–water partition coefficient (Wildman–Crippen LogP) is 9.86. The van der Waals surface area contributed by atoms with Gasteiger partial charge in [0.25, 0.3) is 0 Å². The van der Waals surface area contributed by atoms with Crippen LogP contribution in [-0.4, -0.2) is 24.6 Å². The number of aromatic nitrogens is 4. The zero-order chi connectivity index (χ0) is 30.9. The summed E-state index contributed by atoms with van der Waals surface area (Å²) in [5.74, 6) is 0.783. The highest BCUT2D eigenvalue weighted by Gasteiger charge is 2.21. The summed E-state index contributed by atoms with van der Waals surface area (Å²) in [6.45, 7) is 0. The van der Waals surface area contributed by atoms with Gasteiger partial charge in [0, 0.05) is 29.2 Å². The molecule has 8 aromatic rings. The molecule has 218 valence electrons. The molecule has 0 atom stereocenters. The summed E-state index contributed by atoms with van der Waals surface area (Å²) in [5.41, 5.74) is 11.3. The number of rotatable bonds is 6. The van der Waals surface area contributed by atoms with Crippen molar-refractivity contribution >= 4 is 11.2 Å². The number of hydrogen-bond donors (Lipinski definition) is 1. The van der Waals surface area contributed by atoms with E-state index in [0.29, 0.717) is 17.0 Å². The number of aromatic hydroxyl groups is 1. The van der Waals surface area contributed by atoms with Crippen LogP contribution >= 0.6 is 0 Å². The molecule has 0 bridgehead atoms. The summed E-state index contributed by atoms with van der Waals surface area (Å²) < 4.78 is 2.01. The zero-order valence-electron chi connectivity index (χ0n) is 24.8. The topological polar surface area (TPSA) is 63.8 Å². The summed E-state index contributed by atoms with van der Waals surface area (Å²) in [5, 5.41) is 10.9. The van der Waals surface area contributed by atoms with Crippen LogP contribution in [0.2, 0.25) is 0 Å². The number of benzene rings is 5. The second-order valence-corrected chi connectivity index (χ2v) is 11.1. The van der Waals surface area contributed by atoms with Gasteiger partial charge in [-0.25, -0.2) is 9.97 Å². The monoisotopic (exact) mass is 592 g/mol. The second-order valence-electron chi connectivity index (χ2n) is 11.1. The summed E-state index contributed by atoms with van der Waals surface area (Å²) in [6.07, 6.45) is 3.70. The molecule has 8 rings (SSSR count). The van der Waals surface area contributed by atoms with Gasteiger partial charge in [-0.3, -0.25) is 9.55 Å². The van der Waals surface area contributed by atoms with Crippen LogP contribution in [0.3, 0.4) is 0 Å². The van der Waals surface area contributed by atoms with E-state index in [9.17, 15) is 5.11 Å². The highest BCUT2D eigenvalue weighted by molar-refractivity contribution is 5.95. The zero-order valence-corrected chi connectivity index (χ0v) is 24.8. The molecule has 3 heterocycles. The lowest BCUT2D eigenvalue weighted by Gasteiger charge is -2.12. The third-order valence-electron chi connectivity index (χ3n) is 8.22. The Balaban J connectivity index is 1.37. The van der Waals surface area contributed by atoms with Crippen LogP contribution in [0.15, 0.2) is 164 Å². The SMILES string of the molecule is Oc1ccccc1-c1nc2c(-c3cc(-c4ccccc4)cc(-c4cc(-c5ccccc5)ccn4)c3)ccnc2n1-c1ccccc1. The Kier molecular flexibility index (Phi) is 6.89. The lowest BCUT2D eigenvalue weighted by Crippen LogP contribution is -1.98. The second kappa shape index (κ2) is 11.6. The van der Waals surface area contributed by atoms with E-state index in [1.54, 1.807) is 6.07 Å². The van der Waals surface area contributed by atoms with E-state index in [1.165, 1.54) is 0 Å². The highest BCUT2D eigenvalue weighted by Crippen LogP contribution is 2.39. The van der Waals surface area contributed by atoms with Crippen molar-refractivity contribution in [3.05, 3.63) is 164 Å². The average molecular weight is 593 g/mol. The van der Waals surface area contributed by atoms with E-state index in [0.717, 1.165) is 55.8 Å². The number of phenolic OH excluding ortho intramolecular Hbond substituents is 1. The smallest absolute Gasteiger partial charge is 0.165 e. The third-order valence-corrected chi connectivity index (χ3v) is 8.22. The van der Waals surface area contributed by atoms with Gasteiger partial charge in [0.15, 0.2) is 11.5 Å². The van der Waals surface area contributed by atoms with Gasteiger partial charge in [0.1, 0.15) is 11.3 Å². The molecule has 5 heteroatoms. The van der Waals surface area contributed by atoms with Gasteiger partial charge in [0.05, 0.1) is 11.3 Å². The standard InChI is InChI=1S/C41H28N4O/c46-38-19-11-10-18-36(38)40-44-39-35(21-23-43-41(39)45(40)34-16-8-3-9-17-34)32-24-31(29-14-6-2-7-15-29)25-33(26-32)37-27-30(20-22-42-37)28-12-4-1-5-13-28/h1-27,46H. The van der Waals surface area contributed by atoms with Gasteiger partial charge in [-0.2, -0.15) is 0 Å². The van der Waals surface area contributed by atoms with Gasteiger partial charge in [0.2, 0.25) is 0 Å². The number of fused-ring (bicyclic) bond motifs is 1. The molecule has 0 aliphatic carbocycles. The van der Waals surface area contributed by atoms with Crippen molar-refractivity contribution in [1.29, 1.82) is 0 Å². The summed E-state index contributed by atoms with van der Waals surface area (Å²) >= 11 is 0. The summed E-state index contributed by atoms with van der Waals surface area (Å²) in [6, 6.07) is 50.9. The average Bonchev–Trinajstić information content (AvgIpc) is 3.52. The maximum Gasteiger partial charge on any atom is 0.165 e. The normalized spacial score (nSPS) is 11.1. The minimum atomic E-state index is 0.161. The minimum absolute atomic E-state index is 0.161. The first kappa shape index (κ1) is 27.2. The molecular formula is C41H28N4O. The molecule has 5 aromatic carbocycles. The van der Waals surface area contributed by atoms with E-state index >= 15 is 0 Å².